The fourth-order valence-corrected chi connectivity index (χ4v) is 3.37. The zero-order valence-electron chi connectivity index (χ0n) is 12.4. The number of nitrogens with one attached hydrogen (secondary N) is 1. The highest BCUT2D eigenvalue weighted by molar-refractivity contribution is 9.11. The standard InChI is InChI=1S/C14H16BrN5OS.ClH/c1-8(21)18-14-20-11(12(15)22-14)7-4-9-2-5-10(6-3-9)19-13(16)17;/h2-3,5-6H,4,7H2,1H3,(H4,16,17,19)(H,18,20,21);1H. The van der Waals surface area contributed by atoms with Gasteiger partial charge in [0, 0.05) is 6.92 Å². The number of nitrogens with two attached hydrogens (primary N) is 2. The molecule has 2 aromatic rings. The van der Waals surface area contributed by atoms with Gasteiger partial charge in [0.15, 0.2) is 11.1 Å². The number of thiazole rings is 1. The number of guanidine groups is 1. The van der Waals surface area contributed by atoms with E-state index < -0.39 is 0 Å². The van der Waals surface area contributed by atoms with Gasteiger partial charge in [-0.1, -0.05) is 23.5 Å². The largest absolute Gasteiger partial charge is 0.370 e. The zero-order chi connectivity index (χ0) is 16.1. The number of benzene rings is 1. The van der Waals surface area contributed by atoms with Gasteiger partial charge in [-0.3, -0.25) is 4.79 Å². The molecule has 124 valence electrons. The number of carbonyl (C=O) groups is 1. The molecule has 0 bridgehead atoms. The van der Waals surface area contributed by atoms with E-state index >= 15 is 0 Å². The van der Waals surface area contributed by atoms with Crippen LogP contribution < -0.4 is 16.8 Å². The third-order valence-corrected chi connectivity index (χ3v) is 4.52. The summed E-state index contributed by atoms with van der Waals surface area (Å²) >= 11 is 4.89. The van der Waals surface area contributed by atoms with Crippen LogP contribution in [0.25, 0.3) is 0 Å². The van der Waals surface area contributed by atoms with Gasteiger partial charge in [0.2, 0.25) is 5.91 Å². The van der Waals surface area contributed by atoms with Crippen molar-refractivity contribution in [1.29, 1.82) is 0 Å². The predicted octanol–water partition coefficient (Wildman–Crippen LogP) is 2.98. The van der Waals surface area contributed by atoms with Crippen LogP contribution >= 0.6 is 39.7 Å². The van der Waals surface area contributed by atoms with Gasteiger partial charge in [0.05, 0.1) is 15.2 Å². The van der Waals surface area contributed by atoms with Gasteiger partial charge in [0.1, 0.15) is 0 Å². The maximum atomic E-state index is 11.0. The highest BCUT2D eigenvalue weighted by Crippen LogP contribution is 2.29. The molecule has 2 rings (SSSR count). The van der Waals surface area contributed by atoms with Crippen molar-refractivity contribution in [2.24, 2.45) is 16.5 Å². The molecule has 0 atom stereocenters. The Morgan fingerprint density at radius 3 is 2.52 bits per heavy atom. The van der Waals surface area contributed by atoms with Crippen molar-refractivity contribution in [1.82, 2.24) is 4.98 Å². The van der Waals surface area contributed by atoms with Gasteiger partial charge in [-0.25, -0.2) is 9.98 Å². The van der Waals surface area contributed by atoms with Crippen molar-refractivity contribution in [3.05, 3.63) is 39.3 Å². The molecular formula is C14H17BrClN5OS. The average molecular weight is 419 g/mol. The number of hydrogen-bond acceptors (Lipinski definition) is 4. The lowest BCUT2D eigenvalue weighted by Gasteiger charge is -2.01. The summed E-state index contributed by atoms with van der Waals surface area (Å²) in [7, 11) is 0. The molecule has 23 heavy (non-hydrogen) atoms. The van der Waals surface area contributed by atoms with Gasteiger partial charge in [0.25, 0.3) is 0 Å². The van der Waals surface area contributed by atoms with E-state index in [2.05, 4.69) is 31.2 Å². The molecule has 0 fully saturated rings. The smallest absolute Gasteiger partial charge is 0.223 e. The topological polar surface area (TPSA) is 106 Å². The highest BCUT2D eigenvalue weighted by atomic mass is 79.9. The van der Waals surface area contributed by atoms with E-state index in [-0.39, 0.29) is 24.3 Å². The number of aryl methyl sites for hydroxylation is 2. The Kier molecular flexibility index (Phi) is 7.47. The molecule has 9 heteroatoms. The first kappa shape index (κ1) is 19.4. The molecule has 1 aromatic heterocycles. The van der Waals surface area contributed by atoms with Crippen LogP contribution in [0.15, 0.2) is 33.0 Å². The predicted molar refractivity (Wildman–Crippen MR) is 101 cm³/mol. The summed E-state index contributed by atoms with van der Waals surface area (Å²) in [5.41, 5.74) is 13.5. The second-order valence-corrected chi connectivity index (χ2v) is 6.94. The van der Waals surface area contributed by atoms with Crippen molar-refractivity contribution in [2.75, 3.05) is 5.32 Å². The SMILES string of the molecule is CC(=O)Nc1nc(CCc2ccc(N=C(N)N)cc2)c(Br)s1.Cl. The summed E-state index contributed by atoms with van der Waals surface area (Å²) < 4.78 is 0.938. The minimum atomic E-state index is -0.122. The second-order valence-electron chi connectivity index (χ2n) is 4.62. The summed E-state index contributed by atoms with van der Waals surface area (Å²) in [4.78, 5) is 19.4. The van der Waals surface area contributed by atoms with Crippen LogP contribution in [-0.2, 0) is 17.6 Å². The number of rotatable bonds is 5. The maximum absolute atomic E-state index is 11.0. The molecule has 1 aromatic carbocycles. The molecule has 0 radical (unpaired) electrons. The van der Waals surface area contributed by atoms with Crippen LogP contribution in [0.1, 0.15) is 18.2 Å². The third-order valence-electron chi connectivity index (χ3n) is 2.78. The molecule has 0 aliphatic carbocycles. The number of halogens is 2. The molecule has 0 saturated carbocycles. The minimum Gasteiger partial charge on any atom is -0.370 e. The van der Waals surface area contributed by atoms with Crippen LogP contribution in [0, 0.1) is 0 Å². The Balaban J connectivity index is 0.00000264. The fraction of sp³-hybridized carbons (Fsp3) is 0.214. The highest BCUT2D eigenvalue weighted by Gasteiger charge is 2.10. The molecule has 1 heterocycles. The van der Waals surface area contributed by atoms with Crippen molar-refractivity contribution in [3.63, 3.8) is 0 Å². The van der Waals surface area contributed by atoms with Gasteiger partial charge >= 0.3 is 0 Å². The maximum Gasteiger partial charge on any atom is 0.223 e. The monoisotopic (exact) mass is 417 g/mol. The number of carbonyl (C=O) groups excluding carboxylic acids is 1. The summed E-state index contributed by atoms with van der Waals surface area (Å²) in [5.74, 6) is -0.0761. The van der Waals surface area contributed by atoms with E-state index in [4.69, 9.17) is 11.5 Å². The summed E-state index contributed by atoms with van der Waals surface area (Å²) in [6.07, 6.45) is 1.61. The van der Waals surface area contributed by atoms with Crippen LogP contribution in [0.3, 0.4) is 0 Å². The molecule has 1 amide bonds. The van der Waals surface area contributed by atoms with Crippen LogP contribution in [-0.4, -0.2) is 16.9 Å². The lowest BCUT2D eigenvalue weighted by atomic mass is 10.1. The van der Waals surface area contributed by atoms with Gasteiger partial charge in [-0.2, -0.15) is 0 Å². The van der Waals surface area contributed by atoms with E-state index in [0.717, 1.165) is 33.6 Å². The Hall–Kier alpha value is -1.64. The molecule has 0 aliphatic heterocycles. The van der Waals surface area contributed by atoms with Crippen LogP contribution in [0.5, 0.6) is 0 Å². The molecular weight excluding hydrogens is 402 g/mol. The number of aromatic nitrogens is 1. The van der Waals surface area contributed by atoms with Gasteiger partial charge in [-0.05, 0) is 46.5 Å². The van der Waals surface area contributed by atoms with E-state index in [1.807, 2.05) is 24.3 Å². The van der Waals surface area contributed by atoms with Gasteiger partial charge < -0.3 is 16.8 Å². The van der Waals surface area contributed by atoms with Gasteiger partial charge in [-0.15, -0.1) is 12.4 Å². The summed E-state index contributed by atoms with van der Waals surface area (Å²) in [6.45, 7) is 1.47. The molecule has 5 N–H and O–H groups in total. The number of anilines is 1. The first-order valence-electron chi connectivity index (χ1n) is 6.55. The van der Waals surface area contributed by atoms with E-state index in [1.165, 1.54) is 18.3 Å². The normalized spacial score (nSPS) is 9.83. The Bertz CT molecular complexity index is 698. The molecule has 0 saturated heterocycles. The first-order chi connectivity index (χ1) is 10.4. The zero-order valence-corrected chi connectivity index (χ0v) is 15.6. The van der Waals surface area contributed by atoms with E-state index in [9.17, 15) is 4.79 Å². The Morgan fingerprint density at radius 1 is 1.30 bits per heavy atom. The Morgan fingerprint density at radius 2 is 1.96 bits per heavy atom. The number of aliphatic imine (C=N–C) groups is 1. The lowest BCUT2D eigenvalue weighted by Crippen LogP contribution is -2.21. The molecule has 0 spiro atoms. The first-order valence-corrected chi connectivity index (χ1v) is 8.16. The van der Waals surface area contributed by atoms with Crippen molar-refractivity contribution in [3.8, 4) is 0 Å². The summed E-state index contributed by atoms with van der Waals surface area (Å²) in [6, 6.07) is 7.70. The van der Waals surface area contributed by atoms with Crippen LogP contribution in [0.4, 0.5) is 10.8 Å². The summed E-state index contributed by atoms with van der Waals surface area (Å²) in [5, 5.41) is 3.30. The van der Waals surface area contributed by atoms with Crippen molar-refractivity contribution in [2.45, 2.75) is 19.8 Å². The number of hydrogen-bond donors (Lipinski definition) is 3. The van der Waals surface area contributed by atoms with Crippen molar-refractivity contribution < 1.29 is 4.79 Å². The molecule has 0 unspecified atom stereocenters. The second kappa shape index (κ2) is 8.85. The van der Waals surface area contributed by atoms with Crippen molar-refractivity contribution >= 4 is 62.4 Å². The number of nitrogens with zero attached hydrogens (tertiary/aromatic N) is 2. The fourth-order valence-electron chi connectivity index (χ4n) is 1.84. The average Bonchev–Trinajstić information content (AvgIpc) is 2.76. The minimum absolute atomic E-state index is 0. The van der Waals surface area contributed by atoms with E-state index in [0.29, 0.717) is 5.13 Å². The molecule has 0 aliphatic rings. The lowest BCUT2D eigenvalue weighted by molar-refractivity contribution is -0.114. The Labute approximate surface area is 152 Å². The number of amides is 1. The third kappa shape index (κ3) is 6.17. The van der Waals surface area contributed by atoms with E-state index in [1.54, 1.807) is 0 Å². The molecule has 6 nitrogen and oxygen atoms in total. The van der Waals surface area contributed by atoms with Crippen LogP contribution in [0.2, 0.25) is 0 Å². The quantitative estimate of drug-likeness (QED) is 0.512.